The van der Waals surface area contributed by atoms with Crippen LogP contribution in [-0.4, -0.2) is 22.4 Å². The third kappa shape index (κ3) is 2.09. The molecule has 130 valence electrons. The maximum atomic E-state index is 14.7. The van der Waals surface area contributed by atoms with E-state index in [-0.39, 0.29) is 17.1 Å². The Hall–Kier alpha value is -2.82. The van der Waals surface area contributed by atoms with Gasteiger partial charge in [0.25, 0.3) is 5.91 Å². The zero-order chi connectivity index (χ0) is 17.7. The zero-order valence-electron chi connectivity index (χ0n) is 14.3. The first kappa shape index (κ1) is 15.4. The topological polar surface area (TPSA) is 46.1 Å². The van der Waals surface area contributed by atoms with Crippen LogP contribution in [0.1, 0.15) is 41.6 Å². The molecule has 5 heteroatoms. The lowest BCUT2D eigenvalue weighted by atomic mass is 9.80. The summed E-state index contributed by atoms with van der Waals surface area (Å²) in [5.41, 5.74) is 2.97. The van der Waals surface area contributed by atoms with Gasteiger partial charge >= 0.3 is 0 Å². The normalized spacial score (nSPS) is 17.8. The highest BCUT2D eigenvalue weighted by molar-refractivity contribution is 6.13. The van der Waals surface area contributed by atoms with Crippen LogP contribution in [-0.2, 0) is 5.41 Å². The van der Waals surface area contributed by atoms with Crippen LogP contribution in [0.5, 0.6) is 0 Å². The largest absolute Gasteiger partial charge is 0.307 e. The molecule has 1 aliphatic heterocycles. The summed E-state index contributed by atoms with van der Waals surface area (Å²) >= 11 is 0. The first-order chi connectivity index (χ1) is 12.7. The fourth-order valence-electron chi connectivity index (χ4n) is 4.68. The van der Waals surface area contributed by atoms with Crippen molar-refractivity contribution >= 4 is 22.6 Å². The Labute approximate surface area is 150 Å². The number of amides is 1. The number of fused-ring (bicyclic) bond motifs is 3. The number of anilines is 1. The molecule has 1 aromatic heterocycles. The van der Waals surface area contributed by atoms with Crippen LogP contribution in [0, 0.1) is 5.82 Å². The summed E-state index contributed by atoms with van der Waals surface area (Å²) in [4.78, 5) is 23.8. The summed E-state index contributed by atoms with van der Waals surface area (Å²) in [5, 5.41) is 0. The van der Waals surface area contributed by atoms with Crippen molar-refractivity contribution in [1.82, 2.24) is 9.97 Å². The van der Waals surface area contributed by atoms with E-state index < -0.39 is 0 Å². The van der Waals surface area contributed by atoms with E-state index in [9.17, 15) is 9.18 Å². The van der Waals surface area contributed by atoms with Gasteiger partial charge in [0, 0.05) is 29.9 Å². The lowest BCUT2D eigenvalue weighted by Gasteiger charge is -2.25. The van der Waals surface area contributed by atoms with Gasteiger partial charge in [-0.1, -0.05) is 25.0 Å². The van der Waals surface area contributed by atoms with E-state index in [1.165, 1.54) is 6.07 Å². The number of hydrogen-bond donors (Lipinski definition) is 0. The molecule has 0 radical (unpaired) electrons. The number of aromatic nitrogens is 2. The molecule has 0 atom stereocenters. The first-order valence-corrected chi connectivity index (χ1v) is 9.00. The minimum Gasteiger partial charge on any atom is -0.307 e. The second-order valence-electron chi connectivity index (χ2n) is 7.24. The molecule has 4 nitrogen and oxygen atoms in total. The predicted octanol–water partition coefficient (Wildman–Crippen LogP) is 4.24. The number of rotatable bonds is 1. The van der Waals surface area contributed by atoms with Gasteiger partial charge in [-0.2, -0.15) is 0 Å². The van der Waals surface area contributed by atoms with Crippen LogP contribution < -0.4 is 4.90 Å². The zero-order valence-corrected chi connectivity index (χ0v) is 14.3. The van der Waals surface area contributed by atoms with Gasteiger partial charge in [-0.3, -0.25) is 14.8 Å². The van der Waals surface area contributed by atoms with Gasteiger partial charge in [0.1, 0.15) is 11.3 Å². The monoisotopic (exact) mass is 347 g/mol. The highest BCUT2D eigenvalue weighted by atomic mass is 19.1. The lowest BCUT2D eigenvalue weighted by molar-refractivity contribution is 0.0986. The first-order valence-electron chi connectivity index (χ1n) is 9.00. The van der Waals surface area contributed by atoms with Gasteiger partial charge in [-0.05, 0) is 37.1 Å². The molecule has 0 saturated heterocycles. The molecule has 0 N–H and O–H groups in total. The van der Waals surface area contributed by atoms with E-state index in [1.54, 1.807) is 29.4 Å². The second kappa shape index (κ2) is 5.59. The number of hydrogen-bond acceptors (Lipinski definition) is 3. The van der Waals surface area contributed by atoms with Gasteiger partial charge in [-0.25, -0.2) is 4.39 Å². The van der Waals surface area contributed by atoms with Crippen LogP contribution in [0.25, 0.3) is 11.0 Å². The van der Waals surface area contributed by atoms with Crippen molar-refractivity contribution in [3.63, 3.8) is 0 Å². The molecule has 1 saturated carbocycles. The Morgan fingerprint density at radius 1 is 1.04 bits per heavy atom. The Morgan fingerprint density at radius 3 is 2.65 bits per heavy atom. The highest BCUT2D eigenvalue weighted by Gasteiger charge is 2.48. The fourth-order valence-corrected chi connectivity index (χ4v) is 4.68. The molecule has 26 heavy (non-hydrogen) atoms. The number of halogens is 1. The smallest absolute Gasteiger partial charge is 0.260 e. The fraction of sp³-hybridized carbons (Fsp3) is 0.286. The molecule has 1 fully saturated rings. The minimum atomic E-state index is -0.243. The van der Waals surface area contributed by atoms with Gasteiger partial charge in [0.15, 0.2) is 0 Å². The van der Waals surface area contributed by atoms with Crippen molar-refractivity contribution in [3.05, 3.63) is 65.7 Å². The number of para-hydroxylation sites is 1. The van der Waals surface area contributed by atoms with Gasteiger partial charge in [0.05, 0.1) is 16.8 Å². The van der Waals surface area contributed by atoms with E-state index in [0.29, 0.717) is 28.8 Å². The third-order valence-corrected chi connectivity index (χ3v) is 5.81. The van der Waals surface area contributed by atoms with Crippen molar-refractivity contribution in [2.45, 2.75) is 31.1 Å². The predicted molar refractivity (Wildman–Crippen MR) is 97.8 cm³/mol. The molecule has 0 unspecified atom stereocenters. The maximum Gasteiger partial charge on any atom is 0.260 e. The standard InChI is InChI=1S/C21H18FN3O/c22-15-6-4-8-17-18(15)21(9-1-2-10-21)13-25(17)20(26)14-5-3-7-16-19(14)24-12-11-23-16/h3-8,11-12H,1-2,9-10,13H2. The van der Waals surface area contributed by atoms with Crippen LogP contribution in [0.4, 0.5) is 10.1 Å². The van der Waals surface area contributed by atoms with Crippen LogP contribution in [0.15, 0.2) is 48.8 Å². The summed E-state index contributed by atoms with van der Waals surface area (Å²) in [7, 11) is 0. The molecule has 2 heterocycles. The summed E-state index contributed by atoms with van der Waals surface area (Å²) in [6.45, 7) is 0.540. The van der Waals surface area contributed by atoms with Crippen molar-refractivity contribution in [3.8, 4) is 0 Å². The SMILES string of the molecule is O=C(c1cccc2nccnc12)N1CC2(CCCC2)c2c(F)cccc21. The number of carbonyl (C=O) groups is 1. The van der Waals surface area contributed by atoms with Crippen molar-refractivity contribution in [1.29, 1.82) is 0 Å². The van der Waals surface area contributed by atoms with Crippen molar-refractivity contribution in [2.75, 3.05) is 11.4 Å². The number of benzene rings is 2. The molecule has 2 aliphatic rings. The molecule has 2 aromatic carbocycles. The van der Waals surface area contributed by atoms with Crippen molar-refractivity contribution < 1.29 is 9.18 Å². The molecule has 3 aromatic rings. The molecular formula is C21H18FN3O. The van der Waals surface area contributed by atoms with Gasteiger partial charge in [0.2, 0.25) is 0 Å². The molecule has 5 rings (SSSR count). The van der Waals surface area contributed by atoms with Gasteiger partial charge < -0.3 is 4.90 Å². The molecule has 1 amide bonds. The summed E-state index contributed by atoms with van der Waals surface area (Å²) in [5.74, 6) is -0.330. The Balaban J connectivity index is 1.65. The second-order valence-corrected chi connectivity index (χ2v) is 7.24. The van der Waals surface area contributed by atoms with E-state index >= 15 is 0 Å². The van der Waals surface area contributed by atoms with E-state index in [1.807, 2.05) is 18.2 Å². The maximum absolute atomic E-state index is 14.7. The Bertz CT molecular complexity index is 1020. The van der Waals surface area contributed by atoms with Crippen molar-refractivity contribution in [2.24, 2.45) is 0 Å². The summed E-state index contributed by atoms with van der Waals surface area (Å²) in [6.07, 6.45) is 7.23. The van der Waals surface area contributed by atoms with E-state index in [0.717, 1.165) is 31.2 Å². The average molecular weight is 347 g/mol. The molecular weight excluding hydrogens is 329 g/mol. The summed E-state index contributed by atoms with van der Waals surface area (Å²) in [6, 6.07) is 10.5. The Morgan fingerprint density at radius 2 is 1.81 bits per heavy atom. The number of carbonyl (C=O) groups excluding carboxylic acids is 1. The number of nitrogens with zero attached hydrogens (tertiary/aromatic N) is 3. The third-order valence-electron chi connectivity index (χ3n) is 5.81. The van der Waals surface area contributed by atoms with Crippen LogP contribution >= 0.6 is 0 Å². The van der Waals surface area contributed by atoms with Gasteiger partial charge in [-0.15, -0.1) is 0 Å². The van der Waals surface area contributed by atoms with Crippen LogP contribution in [0.3, 0.4) is 0 Å². The molecule has 1 aliphatic carbocycles. The average Bonchev–Trinajstić information content (AvgIpc) is 3.27. The van der Waals surface area contributed by atoms with Crippen LogP contribution in [0.2, 0.25) is 0 Å². The minimum absolute atomic E-state index is 0.133. The molecule has 0 bridgehead atoms. The quantitative estimate of drug-likeness (QED) is 0.661. The highest BCUT2D eigenvalue weighted by Crippen LogP contribution is 2.51. The van der Waals surface area contributed by atoms with E-state index in [4.69, 9.17) is 0 Å². The lowest BCUT2D eigenvalue weighted by Crippen LogP contribution is -2.35. The van der Waals surface area contributed by atoms with E-state index in [2.05, 4.69) is 9.97 Å². The Kier molecular flexibility index (Phi) is 3.32. The summed E-state index contributed by atoms with van der Waals surface area (Å²) < 4.78 is 14.7. The molecule has 1 spiro atoms.